The van der Waals surface area contributed by atoms with Crippen molar-refractivity contribution in [3.8, 4) is 0 Å². The second-order valence-corrected chi connectivity index (χ2v) is 5.02. The van der Waals surface area contributed by atoms with Crippen LogP contribution in [0.5, 0.6) is 0 Å². The summed E-state index contributed by atoms with van der Waals surface area (Å²) in [5, 5.41) is -0.478. The van der Waals surface area contributed by atoms with Crippen molar-refractivity contribution in [1.82, 2.24) is 0 Å². The Kier molecular flexibility index (Phi) is 4.88. The summed E-state index contributed by atoms with van der Waals surface area (Å²) in [6.07, 6.45) is 0. The van der Waals surface area contributed by atoms with Gasteiger partial charge in [-0.25, -0.2) is 0 Å². The van der Waals surface area contributed by atoms with Gasteiger partial charge in [0.1, 0.15) is 0 Å². The smallest absolute Gasteiger partial charge is 0.216 e. The molecule has 0 saturated heterocycles. The molecule has 0 amide bonds. The molecule has 0 bridgehead atoms. The summed E-state index contributed by atoms with van der Waals surface area (Å²) in [6, 6.07) is 0. The zero-order valence-corrected chi connectivity index (χ0v) is 12.1. The lowest BCUT2D eigenvalue weighted by Gasteiger charge is -2.12. The highest BCUT2D eigenvalue weighted by Crippen LogP contribution is 2.46. The molecule has 0 aliphatic carbocycles. The first-order chi connectivity index (χ1) is 7.29. The predicted octanol–water partition coefficient (Wildman–Crippen LogP) is 5.42. The lowest BCUT2D eigenvalue weighted by molar-refractivity contribution is -0.106. The Morgan fingerprint density at radius 3 is 1.50 bits per heavy atom. The van der Waals surface area contributed by atoms with Crippen LogP contribution in [0.2, 0.25) is 25.1 Å². The van der Waals surface area contributed by atoms with Gasteiger partial charge in [-0.15, -0.1) is 12.6 Å². The topological polar surface area (TPSA) is 17.1 Å². The van der Waals surface area contributed by atoms with Crippen molar-refractivity contribution < 1.29 is 4.79 Å². The summed E-state index contributed by atoms with van der Waals surface area (Å²) in [7, 11) is 0. The van der Waals surface area contributed by atoms with E-state index in [9.17, 15) is 4.79 Å². The third kappa shape index (κ3) is 2.47. The second kappa shape index (κ2) is 5.38. The molecule has 0 aliphatic heterocycles. The fraction of sp³-hybridized carbons (Fsp3) is 0. The molecule has 1 aromatic carbocycles. The summed E-state index contributed by atoms with van der Waals surface area (Å²) in [5.41, 5.74) is 0.140. The van der Waals surface area contributed by atoms with Crippen LogP contribution >= 0.6 is 70.6 Å². The van der Waals surface area contributed by atoms with Gasteiger partial charge in [0, 0.05) is 11.1 Å². The van der Waals surface area contributed by atoms with Crippen LogP contribution in [0.1, 0.15) is 5.56 Å². The van der Waals surface area contributed by atoms with Gasteiger partial charge < -0.3 is 0 Å². The maximum Gasteiger partial charge on any atom is 0.216 e. The molecule has 1 rings (SSSR count). The summed E-state index contributed by atoms with van der Waals surface area (Å²) in [4.78, 5) is 11.1. The summed E-state index contributed by atoms with van der Waals surface area (Å²) < 4.78 is 0. The van der Waals surface area contributed by atoms with Gasteiger partial charge in [0.15, 0.2) is 0 Å². The maximum atomic E-state index is 11.1. The van der Waals surface area contributed by atoms with E-state index in [1.165, 1.54) is 0 Å². The van der Waals surface area contributed by atoms with E-state index in [1.807, 2.05) is 0 Å². The Morgan fingerprint density at radius 1 is 0.875 bits per heavy atom. The molecule has 1 aromatic rings. The van der Waals surface area contributed by atoms with Gasteiger partial charge in [-0.3, -0.25) is 4.79 Å². The maximum absolute atomic E-state index is 11.1. The van der Waals surface area contributed by atoms with Gasteiger partial charge in [-0.1, -0.05) is 64.6 Å². The van der Waals surface area contributed by atoms with E-state index in [0.717, 1.165) is 0 Å². The van der Waals surface area contributed by atoms with Crippen LogP contribution in [0.3, 0.4) is 0 Å². The van der Waals surface area contributed by atoms with Crippen molar-refractivity contribution in [2.45, 2.75) is 0 Å². The molecule has 0 spiro atoms. The molecule has 0 fully saturated rings. The van der Waals surface area contributed by atoms with Crippen LogP contribution in [0.4, 0.5) is 0 Å². The molecule has 0 saturated carbocycles. The average molecular weight is 336 g/mol. The van der Waals surface area contributed by atoms with Crippen LogP contribution in [0, 0.1) is 0 Å². The fourth-order valence-corrected chi connectivity index (χ4v) is 2.46. The van der Waals surface area contributed by atoms with Gasteiger partial charge in [0.2, 0.25) is 5.12 Å². The number of hydrogen-bond donors (Lipinski definition) is 1. The molecule has 0 heterocycles. The Hall–Kier alpha value is 0.430. The van der Waals surface area contributed by atoms with E-state index < -0.39 is 5.12 Å². The summed E-state index contributed by atoms with van der Waals surface area (Å²) >= 11 is 32.9. The third-order valence-corrected chi connectivity index (χ3v) is 4.32. The number of thiol groups is 1. The van der Waals surface area contributed by atoms with E-state index >= 15 is 0 Å². The van der Waals surface area contributed by atoms with E-state index in [-0.39, 0.29) is 36.2 Å². The monoisotopic (exact) mass is 334 g/mol. The van der Waals surface area contributed by atoms with Crippen molar-refractivity contribution in [2.24, 2.45) is 0 Å². The third-order valence-electron chi connectivity index (χ3n) is 1.77. The second-order valence-electron chi connectivity index (χ2n) is 2.73. The molecule has 16 heavy (non-hydrogen) atoms. The molecule has 7 heteroatoms. The number of carbonyl (C=O) groups is 1. The molecule has 86 valence electrons. The largest absolute Gasteiger partial charge is 0.282 e. The number of halogens is 5. The van der Waals surface area contributed by atoms with Gasteiger partial charge in [0.25, 0.3) is 0 Å². The van der Waals surface area contributed by atoms with Gasteiger partial charge >= 0.3 is 0 Å². The normalized spacial score (nSPS) is 10.4. The Morgan fingerprint density at radius 2 is 1.19 bits per heavy atom. The number of rotatable bonds is 2. The molecule has 0 N–H and O–H groups in total. The molecule has 0 unspecified atom stereocenters. The first-order valence-corrected chi connectivity index (χ1v) is 6.06. The van der Waals surface area contributed by atoms with E-state index in [4.69, 9.17) is 58.0 Å². The first-order valence-electron chi connectivity index (χ1n) is 3.73. The minimum atomic E-state index is -0.585. The van der Waals surface area contributed by atoms with Crippen LogP contribution in [-0.2, 0) is 4.79 Å². The standard InChI is InChI=1S/C9H3Cl5OS/c1-2(9(15)16)3-4(10)6(12)8(14)7(13)5(3)11/h1H2,(H,15,16). The van der Waals surface area contributed by atoms with Crippen molar-refractivity contribution in [3.63, 3.8) is 0 Å². The minimum absolute atomic E-state index is 0.00111. The van der Waals surface area contributed by atoms with Gasteiger partial charge in [0.05, 0.1) is 25.1 Å². The minimum Gasteiger partial charge on any atom is -0.282 e. The average Bonchev–Trinajstić information content (AvgIpc) is 2.23. The molecule has 0 aromatic heterocycles. The van der Waals surface area contributed by atoms with Crippen molar-refractivity contribution in [2.75, 3.05) is 0 Å². The summed E-state index contributed by atoms with van der Waals surface area (Å²) in [6.45, 7) is 3.50. The predicted molar refractivity (Wildman–Crippen MR) is 74.5 cm³/mol. The van der Waals surface area contributed by atoms with Crippen molar-refractivity contribution in [3.05, 3.63) is 37.3 Å². The highest BCUT2D eigenvalue weighted by Gasteiger charge is 2.22. The molecule has 0 atom stereocenters. The lowest BCUT2D eigenvalue weighted by atomic mass is 10.1. The molecular weight excluding hydrogens is 333 g/mol. The highest BCUT2D eigenvalue weighted by atomic mass is 35.5. The number of benzene rings is 1. The van der Waals surface area contributed by atoms with E-state index in [0.29, 0.717) is 0 Å². The van der Waals surface area contributed by atoms with Crippen LogP contribution < -0.4 is 0 Å². The molecule has 0 radical (unpaired) electrons. The van der Waals surface area contributed by atoms with E-state index in [1.54, 1.807) is 0 Å². The SMILES string of the molecule is C=C(C(=O)S)c1c(Cl)c(Cl)c(Cl)c(Cl)c1Cl. The van der Waals surface area contributed by atoms with Crippen LogP contribution in [0.15, 0.2) is 6.58 Å². The molecule has 1 nitrogen and oxygen atoms in total. The van der Waals surface area contributed by atoms with Crippen LogP contribution in [0.25, 0.3) is 5.57 Å². The van der Waals surface area contributed by atoms with Gasteiger partial charge in [-0.05, 0) is 0 Å². The van der Waals surface area contributed by atoms with Crippen molar-refractivity contribution in [1.29, 1.82) is 0 Å². The Balaban J connectivity index is 3.64. The highest BCUT2D eigenvalue weighted by molar-refractivity contribution is 7.98. The van der Waals surface area contributed by atoms with Crippen molar-refractivity contribution >= 4 is 81.3 Å². The molecular formula is C9H3Cl5OS. The van der Waals surface area contributed by atoms with E-state index in [2.05, 4.69) is 19.2 Å². The first kappa shape index (κ1) is 14.5. The lowest BCUT2D eigenvalue weighted by Crippen LogP contribution is -1.96. The summed E-state index contributed by atoms with van der Waals surface area (Å²) in [5.74, 6) is 0. The Labute approximate surface area is 123 Å². The molecule has 0 aliphatic rings. The zero-order chi connectivity index (χ0) is 12.6. The van der Waals surface area contributed by atoms with Gasteiger partial charge in [-0.2, -0.15) is 0 Å². The number of carbonyl (C=O) groups excluding carboxylic acids is 1. The quantitative estimate of drug-likeness (QED) is 0.330. The zero-order valence-electron chi connectivity index (χ0n) is 7.45. The Bertz CT molecular complexity index is 468. The van der Waals surface area contributed by atoms with Crippen LogP contribution in [-0.4, -0.2) is 5.12 Å². The fourth-order valence-electron chi connectivity index (χ4n) is 0.977. The number of hydrogen-bond acceptors (Lipinski definition) is 1.